The molecule has 12 heteroatoms. The van der Waals surface area contributed by atoms with E-state index in [0.717, 1.165) is 10.4 Å². The Bertz CT molecular complexity index is 935. The smallest absolute Gasteiger partial charge is 0.329 e. The van der Waals surface area contributed by atoms with Gasteiger partial charge >= 0.3 is 18.1 Å². The lowest BCUT2D eigenvalue weighted by Crippen LogP contribution is -2.38. The fourth-order valence-electron chi connectivity index (χ4n) is 2.50. The van der Waals surface area contributed by atoms with Gasteiger partial charge in [0.15, 0.2) is 5.13 Å². The first kappa shape index (κ1) is 17.0. The van der Waals surface area contributed by atoms with Crippen molar-refractivity contribution in [2.75, 3.05) is 11.9 Å². The molecule has 136 valence electrons. The molecule has 4 rings (SSSR count). The zero-order valence-corrected chi connectivity index (χ0v) is 14.5. The minimum atomic E-state index is -4.67. The van der Waals surface area contributed by atoms with Crippen molar-refractivity contribution in [2.45, 2.75) is 19.1 Å². The Kier molecular flexibility index (Phi) is 4.15. The van der Waals surface area contributed by atoms with Crippen LogP contribution in [0.4, 0.5) is 23.1 Å². The molecule has 2 amide bonds. The molecule has 1 aliphatic heterocycles. The van der Waals surface area contributed by atoms with Crippen LogP contribution in [0.2, 0.25) is 0 Å². The summed E-state index contributed by atoms with van der Waals surface area (Å²) in [5.41, 5.74) is 0.974. The molecular formula is C14H10F3N5O2S2. The van der Waals surface area contributed by atoms with Crippen molar-refractivity contribution in [3.05, 3.63) is 34.0 Å². The first-order valence-corrected chi connectivity index (χ1v) is 9.08. The van der Waals surface area contributed by atoms with Crippen LogP contribution >= 0.6 is 22.7 Å². The van der Waals surface area contributed by atoms with Gasteiger partial charge in [-0.05, 0) is 18.1 Å². The van der Waals surface area contributed by atoms with Crippen LogP contribution in [-0.4, -0.2) is 32.6 Å². The van der Waals surface area contributed by atoms with E-state index in [1.807, 2.05) is 0 Å². The maximum absolute atomic E-state index is 12.6. The number of carbonyl (C=O) groups excluding carboxylic acids is 1. The van der Waals surface area contributed by atoms with Gasteiger partial charge in [0, 0.05) is 23.0 Å². The Morgan fingerprint density at radius 1 is 1.38 bits per heavy atom. The number of rotatable bonds is 2. The summed E-state index contributed by atoms with van der Waals surface area (Å²) in [6.07, 6.45) is -2.48. The molecule has 0 unspecified atom stereocenters. The molecule has 0 bridgehead atoms. The molecule has 3 aromatic rings. The first-order valence-electron chi connectivity index (χ1n) is 7.38. The highest BCUT2D eigenvalue weighted by Crippen LogP contribution is 2.35. The highest BCUT2D eigenvalue weighted by atomic mass is 32.1. The highest BCUT2D eigenvalue weighted by Gasteiger charge is 2.38. The van der Waals surface area contributed by atoms with Gasteiger partial charge in [0.1, 0.15) is 0 Å². The van der Waals surface area contributed by atoms with Gasteiger partial charge in [0.25, 0.3) is 0 Å². The van der Waals surface area contributed by atoms with E-state index in [4.69, 9.17) is 0 Å². The number of urea groups is 1. The molecule has 0 aliphatic carbocycles. The van der Waals surface area contributed by atoms with Gasteiger partial charge in [-0.25, -0.2) is 9.78 Å². The number of hydrogen-bond acceptors (Lipinski definition) is 7. The fourth-order valence-corrected chi connectivity index (χ4v) is 4.17. The maximum Gasteiger partial charge on any atom is 0.471 e. The number of nitrogens with zero attached hydrogens (tertiary/aromatic N) is 4. The second-order valence-corrected chi connectivity index (χ2v) is 7.45. The summed E-state index contributed by atoms with van der Waals surface area (Å²) in [4.78, 5) is 22.7. The number of aromatic nitrogens is 3. The van der Waals surface area contributed by atoms with Crippen LogP contribution in [0.3, 0.4) is 0 Å². The molecule has 7 nitrogen and oxygen atoms in total. The summed E-state index contributed by atoms with van der Waals surface area (Å²) in [6.45, 7) is 0.863. The Balaban J connectivity index is 1.50. The average Bonchev–Trinajstić information content (AvgIpc) is 3.32. The number of carbonyl (C=O) groups is 1. The number of thiophene rings is 1. The predicted molar refractivity (Wildman–Crippen MR) is 87.9 cm³/mol. The maximum atomic E-state index is 12.6. The van der Waals surface area contributed by atoms with Gasteiger partial charge < -0.3 is 9.42 Å². The van der Waals surface area contributed by atoms with E-state index in [1.54, 1.807) is 22.5 Å². The van der Waals surface area contributed by atoms with E-state index >= 15 is 0 Å². The van der Waals surface area contributed by atoms with Crippen LogP contribution in [0.15, 0.2) is 22.2 Å². The van der Waals surface area contributed by atoms with Crippen molar-refractivity contribution < 1.29 is 22.5 Å². The van der Waals surface area contributed by atoms with Crippen molar-refractivity contribution in [3.8, 4) is 10.7 Å². The minimum Gasteiger partial charge on any atom is -0.329 e. The lowest BCUT2D eigenvalue weighted by Gasteiger charge is -2.26. The number of alkyl halides is 3. The molecule has 4 heterocycles. The molecule has 0 atom stereocenters. The number of hydrogen-bond donors (Lipinski definition) is 1. The topological polar surface area (TPSA) is 84.2 Å². The van der Waals surface area contributed by atoms with E-state index in [9.17, 15) is 18.0 Å². The van der Waals surface area contributed by atoms with Gasteiger partial charge in [-0.2, -0.15) is 18.2 Å². The normalized spacial score (nSPS) is 14.3. The Hall–Kier alpha value is -2.47. The van der Waals surface area contributed by atoms with Gasteiger partial charge in [0.05, 0.1) is 11.4 Å². The summed E-state index contributed by atoms with van der Waals surface area (Å²) in [5.74, 6) is -1.47. The monoisotopic (exact) mass is 401 g/mol. The summed E-state index contributed by atoms with van der Waals surface area (Å²) >= 11 is 2.58. The van der Waals surface area contributed by atoms with Crippen molar-refractivity contribution in [1.82, 2.24) is 20.0 Å². The number of thiazole rings is 1. The predicted octanol–water partition coefficient (Wildman–Crippen LogP) is 3.86. The molecule has 1 aliphatic rings. The van der Waals surface area contributed by atoms with Crippen molar-refractivity contribution in [3.63, 3.8) is 0 Å². The molecule has 0 spiro atoms. The lowest BCUT2D eigenvalue weighted by molar-refractivity contribution is -0.159. The fraction of sp³-hybridized carbons (Fsp3) is 0.286. The number of anilines is 1. The first-order chi connectivity index (χ1) is 12.4. The Labute approximate surface area is 152 Å². The second kappa shape index (κ2) is 6.36. The van der Waals surface area contributed by atoms with Gasteiger partial charge in [-0.3, -0.25) is 5.32 Å². The van der Waals surface area contributed by atoms with Crippen LogP contribution in [-0.2, 0) is 19.1 Å². The SMILES string of the molecule is O=C(Nc1nccs1)N1CCc2cc(-c3noc(C(F)(F)F)n3)sc2C1. The Morgan fingerprint density at radius 2 is 2.23 bits per heavy atom. The summed E-state index contributed by atoms with van der Waals surface area (Å²) in [5, 5.41) is 8.39. The third-order valence-corrected chi connectivity index (χ3v) is 5.55. The standard InChI is InChI=1S/C14H10F3N5O2S2/c15-14(16,17)11-19-10(21-24-11)8-5-7-1-3-22(6-9(7)26-8)13(23)20-12-18-2-4-25-12/h2,4-5H,1,3,6H2,(H,18,20,23). The van der Waals surface area contributed by atoms with Crippen molar-refractivity contribution >= 4 is 33.8 Å². The van der Waals surface area contributed by atoms with E-state index in [0.29, 0.717) is 29.5 Å². The highest BCUT2D eigenvalue weighted by molar-refractivity contribution is 7.15. The third kappa shape index (κ3) is 3.29. The molecule has 0 fully saturated rings. The minimum absolute atomic E-state index is 0.101. The summed E-state index contributed by atoms with van der Waals surface area (Å²) < 4.78 is 42.0. The van der Waals surface area contributed by atoms with Crippen molar-refractivity contribution in [1.29, 1.82) is 0 Å². The quantitative estimate of drug-likeness (QED) is 0.705. The Morgan fingerprint density at radius 3 is 2.92 bits per heavy atom. The number of nitrogens with one attached hydrogen (secondary N) is 1. The van der Waals surface area contributed by atoms with Crippen LogP contribution in [0, 0.1) is 0 Å². The largest absolute Gasteiger partial charge is 0.471 e. The third-order valence-electron chi connectivity index (χ3n) is 3.70. The molecule has 0 saturated carbocycles. The van der Waals surface area contributed by atoms with Gasteiger partial charge in [0.2, 0.25) is 5.82 Å². The number of amides is 2. The van der Waals surface area contributed by atoms with Crippen LogP contribution < -0.4 is 5.32 Å². The van der Waals surface area contributed by atoms with E-state index in [2.05, 4.69) is 25.0 Å². The zero-order valence-electron chi connectivity index (χ0n) is 12.9. The molecule has 0 aromatic carbocycles. The van der Waals surface area contributed by atoms with Gasteiger partial charge in [-0.1, -0.05) is 5.16 Å². The average molecular weight is 401 g/mol. The van der Waals surface area contributed by atoms with E-state index in [1.165, 1.54) is 22.7 Å². The van der Waals surface area contributed by atoms with Crippen LogP contribution in [0.25, 0.3) is 10.7 Å². The molecular weight excluding hydrogens is 391 g/mol. The molecule has 1 N–H and O–H groups in total. The summed E-state index contributed by atoms with van der Waals surface area (Å²) in [7, 11) is 0. The molecule has 0 saturated heterocycles. The second-order valence-electron chi connectivity index (χ2n) is 5.42. The molecule has 0 radical (unpaired) electrons. The molecule has 3 aromatic heterocycles. The van der Waals surface area contributed by atoms with Crippen LogP contribution in [0.1, 0.15) is 16.3 Å². The van der Waals surface area contributed by atoms with E-state index in [-0.39, 0.29) is 11.9 Å². The van der Waals surface area contributed by atoms with E-state index < -0.39 is 12.1 Å². The zero-order chi connectivity index (χ0) is 18.3. The molecule has 26 heavy (non-hydrogen) atoms. The van der Waals surface area contributed by atoms with Crippen molar-refractivity contribution in [2.24, 2.45) is 0 Å². The number of fused-ring (bicyclic) bond motifs is 1. The summed E-state index contributed by atoms with van der Waals surface area (Å²) in [6, 6.07) is 1.49. The lowest BCUT2D eigenvalue weighted by atomic mass is 10.1. The van der Waals surface area contributed by atoms with Gasteiger partial charge in [-0.15, -0.1) is 22.7 Å². The van der Waals surface area contributed by atoms with Crippen LogP contribution in [0.5, 0.6) is 0 Å². The number of halogens is 3.